The Labute approximate surface area is 229 Å². The second-order valence-corrected chi connectivity index (χ2v) is 10.2. The van der Waals surface area contributed by atoms with Crippen LogP contribution < -0.4 is 20.7 Å². The van der Waals surface area contributed by atoms with Gasteiger partial charge in [0, 0.05) is 26.8 Å². The molecule has 0 aliphatic heterocycles. The van der Waals surface area contributed by atoms with Crippen LogP contribution in [0.1, 0.15) is 19.4 Å². The molecule has 0 aliphatic rings. The van der Waals surface area contributed by atoms with E-state index in [9.17, 15) is 9.59 Å². The number of fused-ring (bicyclic) bond motifs is 1. The average molecular weight is 549 g/mol. The van der Waals surface area contributed by atoms with Gasteiger partial charge in [0.1, 0.15) is 34.0 Å². The molecule has 0 aliphatic carbocycles. The summed E-state index contributed by atoms with van der Waals surface area (Å²) in [5.74, 6) is 2.20. The number of halogens is 1. The summed E-state index contributed by atoms with van der Waals surface area (Å²) in [6.07, 6.45) is 1.66. The zero-order chi connectivity index (χ0) is 27.8. The summed E-state index contributed by atoms with van der Waals surface area (Å²) in [6.45, 7) is 4.70. The minimum atomic E-state index is -0.449. The summed E-state index contributed by atoms with van der Waals surface area (Å²) in [4.78, 5) is 26.5. The van der Waals surface area contributed by atoms with Crippen LogP contribution in [0.15, 0.2) is 64.3 Å². The first-order chi connectivity index (χ1) is 18.7. The van der Waals surface area contributed by atoms with E-state index in [0.29, 0.717) is 45.5 Å². The number of benzene rings is 2. The summed E-state index contributed by atoms with van der Waals surface area (Å²) in [5, 5.41) is 9.99. The minimum absolute atomic E-state index is 0.155. The van der Waals surface area contributed by atoms with Gasteiger partial charge in [-0.2, -0.15) is 10.2 Å². The van der Waals surface area contributed by atoms with Crippen molar-refractivity contribution in [3.63, 3.8) is 0 Å². The van der Waals surface area contributed by atoms with E-state index in [-0.39, 0.29) is 12.5 Å². The molecule has 0 saturated carbocycles. The van der Waals surface area contributed by atoms with E-state index >= 15 is 0 Å². The van der Waals surface area contributed by atoms with Crippen LogP contribution in [0.5, 0.6) is 17.2 Å². The normalized spacial score (nSPS) is 11.5. The lowest BCUT2D eigenvalue weighted by molar-refractivity contribution is 0.413. The fourth-order valence-corrected chi connectivity index (χ4v) is 4.79. The second kappa shape index (κ2) is 10.5. The van der Waals surface area contributed by atoms with Gasteiger partial charge in [-0.1, -0.05) is 37.6 Å². The molecule has 3 heterocycles. The number of hydrogen-bond donors (Lipinski definition) is 0. The third-order valence-electron chi connectivity index (χ3n) is 6.31. The van der Waals surface area contributed by atoms with E-state index in [1.54, 1.807) is 34.3 Å². The van der Waals surface area contributed by atoms with E-state index in [1.165, 1.54) is 7.05 Å². The van der Waals surface area contributed by atoms with Crippen LogP contribution in [0.4, 0.5) is 0 Å². The largest absolute Gasteiger partial charge is 0.497 e. The number of nitrogens with zero attached hydrogens (tertiary/aromatic N) is 6. The predicted molar refractivity (Wildman–Crippen MR) is 150 cm³/mol. The van der Waals surface area contributed by atoms with Crippen molar-refractivity contribution in [1.29, 1.82) is 0 Å². The Balaban J connectivity index is 1.64. The first kappa shape index (κ1) is 26.3. The minimum Gasteiger partial charge on any atom is -0.497 e. The van der Waals surface area contributed by atoms with Crippen molar-refractivity contribution in [1.82, 2.24) is 28.7 Å². The summed E-state index contributed by atoms with van der Waals surface area (Å²) < 4.78 is 17.2. The Bertz CT molecular complexity index is 1780. The number of aryl methyl sites for hydroxylation is 1. The Hall–Kier alpha value is -4.31. The molecule has 0 fully saturated rings. The highest BCUT2D eigenvalue weighted by Crippen LogP contribution is 2.32. The Morgan fingerprint density at radius 3 is 2.33 bits per heavy atom. The SMILES string of the molecule is COc1ccc(Oc2cccc(Cn3nc4c(c3-c3nn(C)cc3Cl)c(=O)n(C)c(=O)n4CC(C)C)c2)cc1. The molecule has 0 amide bonds. The van der Waals surface area contributed by atoms with Gasteiger partial charge >= 0.3 is 5.69 Å². The molecule has 0 spiro atoms. The maximum Gasteiger partial charge on any atom is 0.332 e. The Kier molecular flexibility index (Phi) is 7.05. The Morgan fingerprint density at radius 1 is 0.974 bits per heavy atom. The molecule has 5 aromatic rings. The fourth-order valence-electron chi connectivity index (χ4n) is 4.53. The van der Waals surface area contributed by atoms with Crippen molar-refractivity contribution < 1.29 is 9.47 Å². The van der Waals surface area contributed by atoms with Crippen LogP contribution in [0.2, 0.25) is 5.02 Å². The lowest BCUT2D eigenvalue weighted by Gasteiger charge is -2.10. The van der Waals surface area contributed by atoms with Crippen LogP contribution in [-0.2, 0) is 27.2 Å². The lowest BCUT2D eigenvalue weighted by Crippen LogP contribution is -2.38. The van der Waals surface area contributed by atoms with Gasteiger partial charge < -0.3 is 9.47 Å². The first-order valence-electron chi connectivity index (χ1n) is 12.5. The van der Waals surface area contributed by atoms with E-state index in [2.05, 4.69) is 5.10 Å². The summed E-state index contributed by atoms with van der Waals surface area (Å²) in [5.41, 5.74) is 1.18. The molecule has 2 aromatic carbocycles. The maximum absolute atomic E-state index is 13.5. The highest BCUT2D eigenvalue weighted by Gasteiger charge is 2.26. The number of ether oxygens (including phenoxy) is 2. The summed E-state index contributed by atoms with van der Waals surface area (Å²) >= 11 is 6.57. The first-order valence-corrected chi connectivity index (χ1v) is 12.8. The molecule has 10 nitrogen and oxygen atoms in total. The number of methoxy groups -OCH3 is 1. The van der Waals surface area contributed by atoms with Gasteiger partial charge in [-0.15, -0.1) is 0 Å². The predicted octanol–water partition coefficient (Wildman–Crippen LogP) is 4.46. The third-order valence-corrected chi connectivity index (χ3v) is 6.58. The molecule has 0 radical (unpaired) electrons. The van der Waals surface area contributed by atoms with Crippen molar-refractivity contribution >= 4 is 22.6 Å². The van der Waals surface area contributed by atoms with Gasteiger partial charge in [-0.25, -0.2) is 4.79 Å². The molecule has 11 heteroatoms. The van der Waals surface area contributed by atoms with Crippen LogP contribution in [0.25, 0.3) is 22.4 Å². The van der Waals surface area contributed by atoms with Crippen LogP contribution in [-0.4, -0.2) is 35.8 Å². The molecule has 5 rings (SSSR count). The van der Waals surface area contributed by atoms with Gasteiger partial charge in [0.05, 0.1) is 18.7 Å². The molecule has 39 heavy (non-hydrogen) atoms. The van der Waals surface area contributed by atoms with Gasteiger partial charge in [-0.05, 0) is 47.9 Å². The standard InChI is InChI=1S/C28H29ClN6O4/c1-17(2)14-34-26-23(27(36)33(4)28(34)37)25(24-22(29)16-32(3)30-24)35(31-26)15-18-7-6-8-21(13-18)39-20-11-9-19(38-5)10-12-20/h6-13,16-17H,14-15H2,1-5H3. The highest BCUT2D eigenvalue weighted by molar-refractivity contribution is 6.33. The van der Waals surface area contributed by atoms with Crippen molar-refractivity contribution in [2.75, 3.05) is 7.11 Å². The molecule has 0 bridgehead atoms. The number of aromatic nitrogens is 6. The zero-order valence-corrected chi connectivity index (χ0v) is 23.1. The average Bonchev–Trinajstić information content (AvgIpc) is 3.44. The van der Waals surface area contributed by atoms with Gasteiger partial charge in [0.2, 0.25) is 0 Å². The summed E-state index contributed by atoms with van der Waals surface area (Å²) in [7, 11) is 4.84. The number of hydrogen-bond acceptors (Lipinski definition) is 6. The topological polar surface area (TPSA) is 98.1 Å². The van der Waals surface area contributed by atoms with E-state index in [0.717, 1.165) is 15.9 Å². The smallest absolute Gasteiger partial charge is 0.332 e. The summed E-state index contributed by atoms with van der Waals surface area (Å²) in [6, 6.07) is 14.9. The molecule has 0 saturated heterocycles. The molecule has 0 N–H and O–H groups in total. The third kappa shape index (κ3) is 5.07. The highest BCUT2D eigenvalue weighted by atomic mass is 35.5. The quantitative estimate of drug-likeness (QED) is 0.284. The van der Waals surface area contributed by atoms with E-state index in [1.807, 2.05) is 62.4 Å². The molecule has 0 unspecified atom stereocenters. The van der Waals surface area contributed by atoms with Gasteiger partial charge in [0.25, 0.3) is 5.56 Å². The van der Waals surface area contributed by atoms with Crippen LogP contribution in [0, 0.1) is 5.92 Å². The lowest BCUT2D eigenvalue weighted by atomic mass is 10.2. The fraction of sp³-hybridized carbons (Fsp3) is 0.286. The zero-order valence-electron chi connectivity index (χ0n) is 22.4. The van der Waals surface area contributed by atoms with Gasteiger partial charge in [-0.3, -0.25) is 23.3 Å². The van der Waals surface area contributed by atoms with E-state index in [4.69, 9.17) is 26.2 Å². The van der Waals surface area contributed by atoms with Crippen molar-refractivity contribution in [3.05, 3.63) is 86.2 Å². The van der Waals surface area contributed by atoms with Crippen LogP contribution in [0.3, 0.4) is 0 Å². The van der Waals surface area contributed by atoms with Crippen molar-refractivity contribution in [2.24, 2.45) is 20.0 Å². The van der Waals surface area contributed by atoms with E-state index < -0.39 is 11.2 Å². The number of rotatable bonds is 8. The van der Waals surface area contributed by atoms with Crippen molar-refractivity contribution in [2.45, 2.75) is 26.9 Å². The second-order valence-electron chi connectivity index (χ2n) is 9.78. The molecule has 3 aromatic heterocycles. The van der Waals surface area contributed by atoms with Gasteiger partial charge in [0.15, 0.2) is 5.65 Å². The monoisotopic (exact) mass is 548 g/mol. The molecular formula is C28H29ClN6O4. The van der Waals surface area contributed by atoms with Crippen molar-refractivity contribution in [3.8, 4) is 28.6 Å². The Morgan fingerprint density at radius 2 is 1.69 bits per heavy atom. The maximum atomic E-state index is 13.5. The molecular weight excluding hydrogens is 520 g/mol. The molecule has 202 valence electrons. The van der Waals surface area contributed by atoms with Crippen LogP contribution >= 0.6 is 11.6 Å². The molecule has 0 atom stereocenters.